The van der Waals surface area contributed by atoms with Crippen LogP contribution in [-0.4, -0.2) is 16.6 Å². The number of halogens is 4. The average Bonchev–Trinajstić information content (AvgIpc) is 2.43. The number of alkyl halides is 2. The summed E-state index contributed by atoms with van der Waals surface area (Å²) in [5.74, 6) is -3.13. The Kier molecular flexibility index (Phi) is 5.39. The molecule has 1 aromatic heterocycles. The van der Waals surface area contributed by atoms with Crippen molar-refractivity contribution in [3.05, 3.63) is 52.3 Å². The summed E-state index contributed by atoms with van der Waals surface area (Å²) in [4.78, 5) is 15.9. The first kappa shape index (κ1) is 16.0. The Morgan fingerprint density at radius 1 is 1.24 bits per heavy atom. The minimum atomic E-state index is -2.64. The van der Waals surface area contributed by atoms with Gasteiger partial charge in [0.1, 0.15) is 5.15 Å². The second-order valence-electron chi connectivity index (χ2n) is 3.82. The molecule has 0 aliphatic carbocycles. The van der Waals surface area contributed by atoms with Crippen LogP contribution in [0.3, 0.4) is 0 Å². The van der Waals surface area contributed by atoms with Crippen molar-refractivity contribution in [2.45, 2.75) is 10.7 Å². The molecule has 21 heavy (non-hydrogen) atoms. The highest BCUT2D eigenvalue weighted by Gasteiger charge is 2.16. The van der Waals surface area contributed by atoms with Gasteiger partial charge in [0.15, 0.2) is 0 Å². The molecule has 0 aliphatic heterocycles. The molecular weight excluding hydrogens is 341 g/mol. The smallest absolute Gasteiger partial charge is 0.289 e. The van der Waals surface area contributed by atoms with Crippen molar-refractivity contribution in [1.82, 2.24) is 4.98 Å². The normalized spacial score (nSPS) is 10.7. The molecule has 0 unspecified atom stereocenters. The fourth-order valence-electron chi connectivity index (χ4n) is 1.52. The molecule has 2 rings (SSSR count). The van der Waals surface area contributed by atoms with Crippen LogP contribution >= 0.6 is 35.0 Å². The van der Waals surface area contributed by atoms with Gasteiger partial charge in [0, 0.05) is 6.20 Å². The van der Waals surface area contributed by atoms with Gasteiger partial charge in [0.05, 0.1) is 21.2 Å². The van der Waals surface area contributed by atoms with Gasteiger partial charge in [-0.15, -0.1) is 0 Å². The van der Waals surface area contributed by atoms with E-state index in [1.54, 1.807) is 6.07 Å². The summed E-state index contributed by atoms with van der Waals surface area (Å²) in [6.07, 6.45) is 1.29. The van der Waals surface area contributed by atoms with E-state index in [0.29, 0.717) is 0 Å². The topological polar surface area (TPSA) is 42.0 Å². The Hall–Kier alpha value is -1.37. The molecule has 1 aromatic carbocycles. The SMILES string of the molecule is O=C(Nc1cccc(Cl)c1SC(F)F)c1ccc(Cl)nc1. The molecule has 8 heteroatoms. The maximum absolute atomic E-state index is 12.6. The van der Waals surface area contributed by atoms with Gasteiger partial charge in [0.2, 0.25) is 0 Å². The van der Waals surface area contributed by atoms with Crippen molar-refractivity contribution >= 4 is 46.6 Å². The monoisotopic (exact) mass is 348 g/mol. The van der Waals surface area contributed by atoms with Crippen molar-refractivity contribution in [1.29, 1.82) is 0 Å². The molecule has 0 aliphatic rings. The van der Waals surface area contributed by atoms with Gasteiger partial charge < -0.3 is 5.32 Å². The molecule has 1 heterocycles. The van der Waals surface area contributed by atoms with E-state index in [1.165, 1.54) is 30.5 Å². The number of anilines is 1. The molecular formula is C13H8Cl2F2N2OS. The zero-order valence-electron chi connectivity index (χ0n) is 10.3. The number of rotatable bonds is 4. The molecule has 3 nitrogen and oxygen atoms in total. The summed E-state index contributed by atoms with van der Waals surface area (Å²) in [6.45, 7) is 0. The number of benzene rings is 1. The van der Waals surface area contributed by atoms with E-state index in [0.717, 1.165) is 0 Å². The third-order valence-corrected chi connectivity index (χ3v) is 3.92. The zero-order valence-corrected chi connectivity index (χ0v) is 12.6. The van der Waals surface area contributed by atoms with Gasteiger partial charge in [0.25, 0.3) is 11.7 Å². The molecule has 1 N–H and O–H groups in total. The zero-order chi connectivity index (χ0) is 15.4. The van der Waals surface area contributed by atoms with E-state index in [4.69, 9.17) is 23.2 Å². The Morgan fingerprint density at radius 2 is 2.00 bits per heavy atom. The minimum Gasteiger partial charge on any atom is -0.321 e. The van der Waals surface area contributed by atoms with Crippen LogP contribution in [-0.2, 0) is 0 Å². The standard InChI is InChI=1S/C13H8Cl2F2N2OS/c14-8-2-1-3-9(11(8)21-13(16)17)19-12(20)7-4-5-10(15)18-6-7/h1-6,13H,(H,19,20). The lowest BCUT2D eigenvalue weighted by Gasteiger charge is -2.11. The fourth-order valence-corrected chi connectivity index (χ4v) is 2.55. The van der Waals surface area contributed by atoms with E-state index < -0.39 is 11.7 Å². The van der Waals surface area contributed by atoms with Gasteiger partial charge in [-0.3, -0.25) is 4.79 Å². The van der Waals surface area contributed by atoms with Crippen LogP contribution < -0.4 is 5.32 Å². The quantitative estimate of drug-likeness (QED) is 0.627. The highest BCUT2D eigenvalue weighted by Crippen LogP contribution is 2.37. The first-order valence-corrected chi connectivity index (χ1v) is 7.27. The highest BCUT2D eigenvalue weighted by molar-refractivity contribution is 7.99. The summed E-state index contributed by atoms with van der Waals surface area (Å²) in [7, 11) is 0. The predicted molar refractivity (Wildman–Crippen MR) is 80.5 cm³/mol. The maximum Gasteiger partial charge on any atom is 0.289 e. The molecule has 0 saturated carbocycles. The van der Waals surface area contributed by atoms with Crippen molar-refractivity contribution in [2.24, 2.45) is 0 Å². The second kappa shape index (κ2) is 7.06. The summed E-state index contributed by atoms with van der Waals surface area (Å²) < 4.78 is 25.1. The second-order valence-corrected chi connectivity index (χ2v) is 5.61. The van der Waals surface area contributed by atoms with Gasteiger partial charge >= 0.3 is 0 Å². The number of nitrogens with zero attached hydrogens (tertiary/aromatic N) is 1. The van der Waals surface area contributed by atoms with E-state index >= 15 is 0 Å². The Labute approximate surface area is 133 Å². The first-order chi connectivity index (χ1) is 9.97. The van der Waals surface area contributed by atoms with Crippen LogP contribution in [0.4, 0.5) is 14.5 Å². The third kappa shape index (κ3) is 4.30. The van der Waals surface area contributed by atoms with Gasteiger partial charge in [-0.05, 0) is 24.3 Å². The lowest BCUT2D eigenvalue weighted by molar-refractivity contribution is 0.102. The average molecular weight is 349 g/mol. The van der Waals surface area contributed by atoms with Crippen molar-refractivity contribution in [2.75, 3.05) is 5.32 Å². The van der Waals surface area contributed by atoms with Crippen LogP contribution in [0.25, 0.3) is 0 Å². The van der Waals surface area contributed by atoms with Crippen LogP contribution in [0.5, 0.6) is 0 Å². The van der Waals surface area contributed by atoms with Crippen LogP contribution in [0.15, 0.2) is 41.4 Å². The number of carbonyl (C=O) groups excluding carboxylic acids is 1. The summed E-state index contributed by atoms with van der Waals surface area (Å²) in [5.41, 5.74) is 0.472. The summed E-state index contributed by atoms with van der Waals surface area (Å²) in [6, 6.07) is 7.48. The lowest BCUT2D eigenvalue weighted by Crippen LogP contribution is -2.13. The number of nitrogens with one attached hydrogen (secondary N) is 1. The van der Waals surface area contributed by atoms with E-state index in [9.17, 15) is 13.6 Å². The predicted octanol–water partition coefficient (Wildman–Crippen LogP) is 4.96. The number of carbonyl (C=O) groups is 1. The van der Waals surface area contributed by atoms with E-state index in [2.05, 4.69) is 10.3 Å². The van der Waals surface area contributed by atoms with Gasteiger partial charge in [-0.1, -0.05) is 41.0 Å². The fraction of sp³-hybridized carbons (Fsp3) is 0.0769. The highest BCUT2D eigenvalue weighted by atomic mass is 35.5. The van der Waals surface area contributed by atoms with E-state index in [1.807, 2.05) is 0 Å². The molecule has 0 saturated heterocycles. The third-order valence-electron chi connectivity index (χ3n) is 2.41. The van der Waals surface area contributed by atoms with Crippen molar-refractivity contribution in [3.63, 3.8) is 0 Å². The van der Waals surface area contributed by atoms with Crippen molar-refractivity contribution in [3.8, 4) is 0 Å². The number of thioether (sulfide) groups is 1. The molecule has 1 amide bonds. The molecule has 0 fully saturated rings. The minimum absolute atomic E-state index is 0.115. The van der Waals surface area contributed by atoms with Gasteiger partial charge in [-0.2, -0.15) is 8.78 Å². The number of hydrogen-bond acceptors (Lipinski definition) is 3. The summed E-state index contributed by atoms with van der Waals surface area (Å²) in [5, 5.41) is 2.93. The van der Waals surface area contributed by atoms with Crippen LogP contribution in [0, 0.1) is 0 Å². The van der Waals surface area contributed by atoms with Crippen LogP contribution in [0.2, 0.25) is 10.2 Å². The Bertz CT molecular complexity index is 653. The largest absolute Gasteiger partial charge is 0.321 e. The van der Waals surface area contributed by atoms with Gasteiger partial charge in [-0.25, -0.2) is 4.98 Å². The molecule has 0 radical (unpaired) electrons. The van der Waals surface area contributed by atoms with Crippen LogP contribution in [0.1, 0.15) is 10.4 Å². The van der Waals surface area contributed by atoms with E-state index in [-0.39, 0.29) is 38.1 Å². The lowest BCUT2D eigenvalue weighted by atomic mass is 10.2. The Balaban J connectivity index is 2.24. The van der Waals surface area contributed by atoms with Crippen molar-refractivity contribution < 1.29 is 13.6 Å². The number of hydrogen-bond donors (Lipinski definition) is 1. The maximum atomic E-state index is 12.6. The Morgan fingerprint density at radius 3 is 2.62 bits per heavy atom. The number of amides is 1. The molecule has 0 spiro atoms. The summed E-state index contributed by atoms with van der Waals surface area (Å²) >= 11 is 11.8. The number of pyridine rings is 1. The number of aromatic nitrogens is 1. The molecule has 0 atom stereocenters. The molecule has 2 aromatic rings. The molecule has 0 bridgehead atoms. The first-order valence-electron chi connectivity index (χ1n) is 5.63. The molecule has 110 valence electrons.